The molecule has 0 atom stereocenters. The van der Waals surface area contributed by atoms with Gasteiger partial charge >= 0.3 is 0 Å². The molecule has 0 radical (unpaired) electrons. The molecule has 31 heavy (non-hydrogen) atoms. The Kier molecular flexibility index (Phi) is 7.09. The summed E-state index contributed by atoms with van der Waals surface area (Å²) in [6, 6.07) is 20.9. The first-order valence-corrected chi connectivity index (χ1v) is 11.4. The number of amides is 1. The van der Waals surface area contributed by atoms with Crippen LogP contribution < -0.4 is 10.1 Å². The van der Waals surface area contributed by atoms with E-state index in [0.29, 0.717) is 17.9 Å². The number of anilines is 1. The van der Waals surface area contributed by atoms with Gasteiger partial charge in [-0.05, 0) is 60.5 Å². The lowest BCUT2D eigenvalue weighted by Gasteiger charge is -2.21. The number of rotatable bonds is 8. The first kappa shape index (κ1) is 22.5. The predicted molar refractivity (Wildman–Crippen MR) is 122 cm³/mol. The van der Waals surface area contributed by atoms with Crippen LogP contribution in [0.15, 0.2) is 77.7 Å². The number of carbonyl (C=O) groups is 1. The zero-order chi connectivity index (χ0) is 22.4. The maximum atomic E-state index is 13.0. The fourth-order valence-corrected chi connectivity index (χ4v) is 4.57. The smallest absolute Gasteiger partial charge is 0.255 e. The van der Waals surface area contributed by atoms with E-state index in [9.17, 15) is 13.2 Å². The SMILES string of the molecule is CCN(Cc1ccc(C(=O)Nc2ccccc2C)cc1)S(=O)(=O)c1ccc(OC)cc1. The molecule has 0 heterocycles. The first-order chi connectivity index (χ1) is 14.8. The van der Waals surface area contributed by atoms with Crippen molar-refractivity contribution in [1.82, 2.24) is 4.31 Å². The molecule has 0 aromatic heterocycles. The molecule has 162 valence electrons. The van der Waals surface area contributed by atoms with Crippen molar-refractivity contribution in [1.29, 1.82) is 0 Å². The summed E-state index contributed by atoms with van der Waals surface area (Å²) in [5.74, 6) is 0.389. The molecule has 3 rings (SSSR count). The summed E-state index contributed by atoms with van der Waals surface area (Å²) in [5, 5.41) is 2.90. The van der Waals surface area contributed by atoms with Gasteiger partial charge in [0.2, 0.25) is 10.0 Å². The Morgan fingerprint density at radius 1 is 0.968 bits per heavy atom. The van der Waals surface area contributed by atoms with Crippen LogP contribution in [0.1, 0.15) is 28.4 Å². The standard InChI is InChI=1S/C24H26N2O4S/c1-4-26(31(28,29)22-15-13-21(30-3)14-16-22)17-19-9-11-20(12-10-19)24(27)25-23-8-6-5-7-18(23)2/h5-16H,4,17H2,1-3H3,(H,25,27). The van der Waals surface area contributed by atoms with Gasteiger partial charge in [-0.3, -0.25) is 4.79 Å². The van der Waals surface area contributed by atoms with Crippen molar-refractivity contribution in [2.75, 3.05) is 19.0 Å². The number of hydrogen-bond donors (Lipinski definition) is 1. The average molecular weight is 439 g/mol. The number of para-hydroxylation sites is 1. The summed E-state index contributed by atoms with van der Waals surface area (Å²) in [7, 11) is -2.11. The van der Waals surface area contributed by atoms with Crippen LogP contribution in [-0.4, -0.2) is 32.3 Å². The molecule has 6 nitrogen and oxygen atoms in total. The van der Waals surface area contributed by atoms with E-state index < -0.39 is 10.0 Å². The van der Waals surface area contributed by atoms with Crippen molar-refractivity contribution in [3.05, 3.63) is 89.5 Å². The lowest BCUT2D eigenvalue weighted by atomic mass is 10.1. The van der Waals surface area contributed by atoms with Gasteiger partial charge in [0.1, 0.15) is 5.75 Å². The molecular formula is C24H26N2O4S. The molecule has 0 aliphatic heterocycles. The van der Waals surface area contributed by atoms with Gasteiger partial charge < -0.3 is 10.1 Å². The number of nitrogens with zero attached hydrogens (tertiary/aromatic N) is 1. The molecular weight excluding hydrogens is 412 g/mol. The first-order valence-electron chi connectivity index (χ1n) is 9.95. The zero-order valence-electron chi connectivity index (χ0n) is 17.8. The molecule has 7 heteroatoms. The van der Waals surface area contributed by atoms with Crippen molar-refractivity contribution in [3.63, 3.8) is 0 Å². The van der Waals surface area contributed by atoms with E-state index in [1.807, 2.05) is 31.2 Å². The number of hydrogen-bond acceptors (Lipinski definition) is 4. The fraction of sp³-hybridized carbons (Fsp3) is 0.208. The monoisotopic (exact) mass is 438 g/mol. The summed E-state index contributed by atoms with van der Waals surface area (Å²) < 4.78 is 32.5. The van der Waals surface area contributed by atoms with Crippen LogP contribution in [0.2, 0.25) is 0 Å². The maximum Gasteiger partial charge on any atom is 0.255 e. The normalized spacial score (nSPS) is 11.4. The number of aryl methyl sites for hydroxylation is 1. The van der Waals surface area contributed by atoms with E-state index in [2.05, 4.69) is 5.32 Å². The van der Waals surface area contributed by atoms with E-state index in [4.69, 9.17) is 4.74 Å². The molecule has 0 aliphatic carbocycles. The second-order valence-corrected chi connectivity index (χ2v) is 9.01. The number of nitrogens with one attached hydrogen (secondary N) is 1. The number of sulfonamides is 1. The topological polar surface area (TPSA) is 75.7 Å². The van der Waals surface area contributed by atoms with Crippen LogP contribution in [0, 0.1) is 6.92 Å². The van der Waals surface area contributed by atoms with Gasteiger partial charge in [0.05, 0.1) is 12.0 Å². The molecule has 0 unspecified atom stereocenters. The van der Waals surface area contributed by atoms with Gasteiger partial charge in [-0.15, -0.1) is 0 Å². The Labute approximate surface area is 183 Å². The summed E-state index contributed by atoms with van der Waals surface area (Å²) in [6.07, 6.45) is 0. The maximum absolute atomic E-state index is 13.0. The highest BCUT2D eigenvalue weighted by Crippen LogP contribution is 2.21. The summed E-state index contributed by atoms with van der Waals surface area (Å²) in [6.45, 7) is 4.26. The lowest BCUT2D eigenvalue weighted by molar-refractivity contribution is 0.102. The Morgan fingerprint density at radius 2 is 1.61 bits per heavy atom. The minimum atomic E-state index is -3.65. The van der Waals surface area contributed by atoms with E-state index in [1.165, 1.54) is 23.5 Å². The number of carbonyl (C=O) groups excluding carboxylic acids is 1. The highest BCUT2D eigenvalue weighted by atomic mass is 32.2. The van der Waals surface area contributed by atoms with Gasteiger partial charge in [0, 0.05) is 24.3 Å². The summed E-state index contributed by atoms with van der Waals surface area (Å²) in [4.78, 5) is 12.7. The highest BCUT2D eigenvalue weighted by molar-refractivity contribution is 7.89. The quantitative estimate of drug-likeness (QED) is 0.563. The van der Waals surface area contributed by atoms with Crippen molar-refractivity contribution in [2.24, 2.45) is 0 Å². The number of ether oxygens (including phenoxy) is 1. The van der Waals surface area contributed by atoms with Crippen molar-refractivity contribution >= 4 is 21.6 Å². The van der Waals surface area contributed by atoms with Crippen LogP contribution in [0.25, 0.3) is 0 Å². The van der Waals surface area contributed by atoms with Crippen LogP contribution >= 0.6 is 0 Å². The predicted octanol–water partition coefficient (Wildman–Crippen LogP) is 4.47. The second kappa shape index (κ2) is 9.76. The van der Waals surface area contributed by atoms with Gasteiger partial charge in [-0.1, -0.05) is 37.3 Å². The third kappa shape index (κ3) is 5.31. The molecule has 1 N–H and O–H groups in total. The van der Waals surface area contributed by atoms with Crippen LogP contribution in [0.5, 0.6) is 5.75 Å². The molecule has 0 spiro atoms. The Morgan fingerprint density at radius 3 is 2.19 bits per heavy atom. The molecule has 0 bridgehead atoms. The van der Waals surface area contributed by atoms with Crippen LogP contribution in [-0.2, 0) is 16.6 Å². The van der Waals surface area contributed by atoms with Crippen molar-refractivity contribution in [2.45, 2.75) is 25.3 Å². The summed E-state index contributed by atoms with van der Waals surface area (Å²) in [5.41, 5.74) is 3.05. The minimum Gasteiger partial charge on any atom is -0.497 e. The van der Waals surface area contributed by atoms with E-state index in [-0.39, 0.29) is 17.3 Å². The molecule has 1 amide bonds. The van der Waals surface area contributed by atoms with Gasteiger partial charge in [-0.2, -0.15) is 4.31 Å². The third-order valence-corrected chi connectivity index (χ3v) is 6.95. The Hall–Kier alpha value is -3.16. The van der Waals surface area contributed by atoms with Gasteiger partial charge in [-0.25, -0.2) is 8.42 Å². The van der Waals surface area contributed by atoms with Crippen molar-refractivity contribution in [3.8, 4) is 5.75 Å². The van der Waals surface area contributed by atoms with Crippen LogP contribution in [0.4, 0.5) is 5.69 Å². The molecule has 0 fully saturated rings. The highest BCUT2D eigenvalue weighted by Gasteiger charge is 2.23. The molecule has 3 aromatic carbocycles. The van der Waals surface area contributed by atoms with Crippen LogP contribution in [0.3, 0.4) is 0 Å². The molecule has 0 saturated heterocycles. The zero-order valence-corrected chi connectivity index (χ0v) is 18.6. The summed E-state index contributed by atoms with van der Waals surface area (Å²) >= 11 is 0. The molecule has 0 aliphatic rings. The van der Waals surface area contributed by atoms with E-state index in [1.54, 1.807) is 43.3 Å². The lowest BCUT2D eigenvalue weighted by Crippen LogP contribution is -2.30. The fourth-order valence-electron chi connectivity index (χ4n) is 3.14. The third-order valence-electron chi connectivity index (χ3n) is 5.02. The number of methoxy groups -OCH3 is 1. The Balaban J connectivity index is 1.72. The minimum absolute atomic E-state index is 0.209. The molecule has 0 saturated carbocycles. The average Bonchev–Trinajstić information content (AvgIpc) is 2.79. The largest absolute Gasteiger partial charge is 0.497 e. The van der Waals surface area contributed by atoms with Crippen molar-refractivity contribution < 1.29 is 17.9 Å². The van der Waals surface area contributed by atoms with Gasteiger partial charge in [0.15, 0.2) is 0 Å². The van der Waals surface area contributed by atoms with E-state index >= 15 is 0 Å². The number of benzene rings is 3. The Bertz CT molecular complexity index is 1140. The van der Waals surface area contributed by atoms with Gasteiger partial charge in [0.25, 0.3) is 5.91 Å². The second-order valence-electron chi connectivity index (χ2n) is 7.07. The van der Waals surface area contributed by atoms with E-state index in [0.717, 1.165) is 16.8 Å². The molecule has 3 aromatic rings.